The van der Waals surface area contributed by atoms with Gasteiger partial charge in [0.05, 0.1) is 6.04 Å². The van der Waals surface area contributed by atoms with E-state index in [0.717, 1.165) is 21.8 Å². The van der Waals surface area contributed by atoms with Crippen molar-refractivity contribution in [1.29, 1.82) is 16.2 Å². The number of unbranched alkanes of at least 4 members (excludes halogenated alkanes) is 1. The largest absolute Gasteiger partial charge is 0.480 e. The minimum atomic E-state index is -1.56. The Morgan fingerprint density at radius 2 is 0.549 bits per heavy atom. The van der Waals surface area contributed by atoms with Crippen molar-refractivity contribution < 1.29 is 48.3 Å². The van der Waals surface area contributed by atoms with Crippen LogP contribution in [0.25, 0.3) is 54.5 Å². The maximum absolute atomic E-state index is 15.7. The number of fused-ring (bicyclic) bond motifs is 5. The standard InChI is InChI=1S/C79H100N24O10/c80-30-12-11-27-60(96-68(104)54(81)21-13-31-88-77(82)83)69(105)99-65(36-46-41-93-57-24-8-3-18-51(46)57)74(110)101-63(34-44-39-91-55-22-6-1-16-49(44)55)72(108)97-61(28-14-32-89-78(84)85)70(106)100-66(37-47-42-94-58-25-9-4-19-52(47)58)75(111)102-64(35-45-40-92-56-23-7-2-17-50(45)56)73(109)98-62(29-15-33-90-79(86)87)71(107)103-67(76(112)113)38-48-43-95-59-26-10-5-20-53(48)59/h1-10,16-20,22-26,39-43,54,60-67,91-95H,11-15,21,27-38,80-81H2,(H,96,104)(H,97,108)(H,98,109)(H,99,105)(H,100,106)(H,101,110)(H,102,111)(H,103,107)(H,112,113)(H4,82,83,88)(H4,84,85,89)(H4,86,87,90)/t54-,60-,61-,62-,63-,64-,65-,66-,67-/m0/s1. The van der Waals surface area contributed by atoms with Crippen LogP contribution >= 0.6 is 0 Å². The summed E-state index contributed by atoms with van der Waals surface area (Å²) < 4.78 is 0. The Kier molecular flexibility index (Phi) is 29.1. The van der Waals surface area contributed by atoms with E-state index in [9.17, 15) is 24.3 Å². The molecule has 0 aliphatic carbocycles. The Morgan fingerprint density at radius 1 is 0.319 bits per heavy atom. The smallest absolute Gasteiger partial charge is 0.326 e. The third kappa shape index (κ3) is 22.9. The summed E-state index contributed by atoms with van der Waals surface area (Å²) in [5.74, 6) is -8.94. The van der Waals surface area contributed by atoms with E-state index in [4.69, 9.17) is 44.9 Å². The minimum Gasteiger partial charge on any atom is -0.480 e. The van der Waals surface area contributed by atoms with Crippen LogP contribution in [0.5, 0.6) is 0 Å². The zero-order valence-corrected chi connectivity index (χ0v) is 62.4. The lowest BCUT2D eigenvalue weighted by molar-refractivity contribution is -0.142. The van der Waals surface area contributed by atoms with Crippen molar-refractivity contribution in [2.75, 3.05) is 26.2 Å². The summed E-state index contributed by atoms with van der Waals surface area (Å²) in [6.07, 6.45) is 9.00. The Labute approximate surface area is 649 Å². The van der Waals surface area contributed by atoms with E-state index >= 15 is 24.0 Å². The number of carboxylic acid groups (broad SMARTS) is 1. The second-order valence-corrected chi connectivity index (χ2v) is 28.0. The number of para-hydroxylation sites is 5. The number of nitrogens with two attached hydrogens (primary N) is 5. The van der Waals surface area contributed by atoms with Crippen LogP contribution in [-0.2, 0) is 75.3 Å². The molecule has 0 unspecified atom stereocenters. The monoisotopic (exact) mass is 1540 g/mol. The molecule has 34 heteroatoms. The molecular weight excluding hydrogens is 1450 g/mol. The third-order valence-electron chi connectivity index (χ3n) is 19.8. The molecule has 0 bridgehead atoms. The lowest BCUT2D eigenvalue weighted by Crippen LogP contribution is -2.61. The first-order valence-electron chi connectivity index (χ1n) is 37.6. The van der Waals surface area contributed by atoms with Crippen molar-refractivity contribution in [2.24, 2.45) is 28.7 Å². The van der Waals surface area contributed by atoms with E-state index in [1.54, 1.807) is 55.2 Å². The average molecular weight is 1550 g/mol. The van der Waals surface area contributed by atoms with Gasteiger partial charge in [-0.25, -0.2) is 4.79 Å². The molecule has 5 aromatic heterocycles. The van der Waals surface area contributed by atoms with Crippen LogP contribution in [0.2, 0.25) is 0 Å². The summed E-state index contributed by atoms with van der Waals surface area (Å²) >= 11 is 0. The van der Waals surface area contributed by atoms with E-state index in [-0.39, 0.29) is 115 Å². The van der Waals surface area contributed by atoms with E-state index < -0.39 is 108 Å². The fourth-order valence-electron chi connectivity index (χ4n) is 13.9. The number of rotatable bonds is 43. The van der Waals surface area contributed by atoms with E-state index in [1.165, 1.54) is 0 Å². The predicted molar refractivity (Wildman–Crippen MR) is 431 cm³/mol. The number of aromatic amines is 5. The lowest BCUT2D eigenvalue weighted by Gasteiger charge is -2.28. The highest BCUT2D eigenvalue weighted by Crippen LogP contribution is 2.26. The maximum Gasteiger partial charge on any atom is 0.326 e. The van der Waals surface area contributed by atoms with E-state index in [2.05, 4.69) is 83.4 Å². The SMILES string of the molecule is N=C(N)NCCC[C@H](NC(=O)[C@H](Cc1c[nH]c2ccccc12)NC(=O)[C@H](Cc1c[nH]c2ccccc12)NC(=O)[C@H](CCCNC(=N)N)NC(=O)[C@H](Cc1c[nH]c2ccccc12)NC(=O)[C@H](Cc1c[nH]c2ccccc12)NC(=O)[C@H](CCCCN)NC(=O)[C@@H](N)CCCNC(=N)N)C(=O)N[C@@H](Cc1c[nH]c2ccccc12)C(=O)O. The van der Waals surface area contributed by atoms with Gasteiger partial charge in [-0.1, -0.05) is 91.0 Å². The first-order valence-corrected chi connectivity index (χ1v) is 37.6. The van der Waals surface area contributed by atoms with Crippen molar-refractivity contribution in [2.45, 2.75) is 144 Å². The lowest BCUT2D eigenvalue weighted by atomic mass is 9.99. The number of carboxylic acids is 1. The molecule has 10 aromatic rings. The summed E-state index contributed by atoms with van der Waals surface area (Å²) in [5, 5.41) is 68.1. The zero-order valence-electron chi connectivity index (χ0n) is 62.4. The molecular formula is C79H100N24O10. The van der Waals surface area contributed by atoms with Crippen molar-refractivity contribution in [3.63, 3.8) is 0 Å². The molecule has 0 radical (unpaired) electrons. The first-order chi connectivity index (χ1) is 54.5. The summed E-state index contributed by atoms with van der Waals surface area (Å²) in [4.78, 5) is 150. The second kappa shape index (κ2) is 39.9. The van der Waals surface area contributed by atoms with Gasteiger partial charge < -0.3 is 117 Å². The van der Waals surface area contributed by atoms with Crippen molar-refractivity contribution >= 4 is 126 Å². The molecule has 0 fully saturated rings. The van der Waals surface area contributed by atoms with Gasteiger partial charge in [0.2, 0.25) is 47.3 Å². The maximum atomic E-state index is 15.7. The highest BCUT2D eigenvalue weighted by Gasteiger charge is 2.37. The van der Waals surface area contributed by atoms with E-state index in [1.807, 2.05) is 97.1 Å². The van der Waals surface area contributed by atoms with Crippen LogP contribution in [0, 0.1) is 16.2 Å². The number of nitrogens with one attached hydrogen (secondary N) is 19. The minimum absolute atomic E-state index is 0.0368. The molecule has 30 N–H and O–H groups in total. The quantitative estimate of drug-likeness (QED) is 0.0147. The molecule has 0 spiro atoms. The van der Waals surface area contributed by atoms with Crippen molar-refractivity contribution in [3.05, 3.63) is 180 Å². The van der Waals surface area contributed by atoms with Crippen LogP contribution in [0.15, 0.2) is 152 Å². The molecule has 5 aromatic carbocycles. The predicted octanol–water partition coefficient (Wildman–Crippen LogP) is 1.82. The fraction of sp³-hybridized carbons (Fsp3) is 0.342. The van der Waals surface area contributed by atoms with Crippen LogP contribution in [0.4, 0.5) is 0 Å². The number of guanidine groups is 3. The number of aliphatic carboxylic acids is 1. The Bertz CT molecular complexity index is 5020. The third-order valence-corrected chi connectivity index (χ3v) is 19.8. The second-order valence-electron chi connectivity index (χ2n) is 28.0. The molecule has 0 aliphatic rings. The molecule has 9 atom stereocenters. The molecule has 34 nitrogen and oxygen atoms in total. The summed E-state index contributed by atoms with van der Waals surface area (Å²) in [6.45, 7) is 0.677. The fourth-order valence-corrected chi connectivity index (χ4v) is 13.9. The summed E-state index contributed by atoms with van der Waals surface area (Å²) in [5.41, 5.74) is 35.5. The van der Waals surface area contributed by atoms with Crippen LogP contribution in [0.1, 0.15) is 85.6 Å². The number of carbonyl (C=O) groups excluding carboxylic acids is 8. The molecule has 0 aliphatic heterocycles. The number of carbonyl (C=O) groups is 9. The van der Waals surface area contributed by atoms with Crippen molar-refractivity contribution in [1.82, 2.24) is 83.4 Å². The summed E-state index contributed by atoms with van der Waals surface area (Å²) in [6, 6.07) is 23.6. The van der Waals surface area contributed by atoms with Gasteiger partial charge in [-0.2, -0.15) is 0 Å². The molecule has 8 amide bonds. The number of aromatic nitrogens is 5. The van der Waals surface area contributed by atoms with E-state index in [0.29, 0.717) is 79.8 Å². The van der Waals surface area contributed by atoms with Gasteiger partial charge in [-0.05, 0) is 122 Å². The van der Waals surface area contributed by atoms with Gasteiger partial charge >= 0.3 is 5.97 Å². The van der Waals surface area contributed by atoms with Gasteiger partial charge in [0.1, 0.15) is 48.3 Å². The van der Waals surface area contributed by atoms with Crippen LogP contribution < -0.4 is 87.2 Å². The highest BCUT2D eigenvalue weighted by atomic mass is 16.4. The zero-order chi connectivity index (χ0) is 80.5. The van der Waals surface area contributed by atoms with Gasteiger partial charge in [0.25, 0.3) is 0 Å². The topological polar surface area (TPSA) is 587 Å². The molecule has 0 saturated heterocycles. The van der Waals surface area contributed by atoms with Crippen molar-refractivity contribution in [3.8, 4) is 0 Å². The molecule has 113 heavy (non-hydrogen) atoms. The molecule has 0 saturated carbocycles. The normalized spacial score (nSPS) is 13.8. The number of hydrogen-bond donors (Lipinski definition) is 25. The van der Waals surface area contributed by atoms with Crippen LogP contribution in [-0.4, -0.2) is 182 Å². The van der Waals surface area contributed by atoms with Gasteiger partial charge in [-0.3, -0.25) is 54.6 Å². The Morgan fingerprint density at radius 3 is 0.823 bits per heavy atom. The number of hydrogen-bond acceptors (Lipinski definition) is 14. The molecule has 596 valence electrons. The number of amides is 8. The molecule has 10 rings (SSSR count). The average Bonchev–Trinajstić information content (AvgIpc) is 1.74. The Balaban J connectivity index is 0.967. The first kappa shape index (κ1) is 82.3. The van der Waals surface area contributed by atoms with Crippen LogP contribution in [0.3, 0.4) is 0 Å². The van der Waals surface area contributed by atoms with Gasteiger partial charge in [0, 0.05) is 137 Å². The highest BCUT2D eigenvalue weighted by molar-refractivity contribution is 6.00. The molecule has 5 heterocycles. The summed E-state index contributed by atoms with van der Waals surface area (Å²) in [7, 11) is 0. The number of H-pyrrole nitrogens is 5. The van der Waals surface area contributed by atoms with Gasteiger partial charge in [-0.15, -0.1) is 0 Å². The van der Waals surface area contributed by atoms with Gasteiger partial charge in [0.15, 0.2) is 17.9 Å². The number of benzene rings is 5. The Hall–Kier alpha value is -13.2.